The van der Waals surface area contributed by atoms with E-state index in [2.05, 4.69) is 4.72 Å². The highest BCUT2D eigenvalue weighted by Gasteiger charge is 2.38. The minimum Gasteiger partial charge on any atom is -0.480 e. The molecule has 0 bridgehead atoms. The Morgan fingerprint density at radius 1 is 1.53 bits per heavy atom. The van der Waals surface area contributed by atoms with E-state index < -0.39 is 42.9 Å². The summed E-state index contributed by atoms with van der Waals surface area (Å²) in [7, 11) is -7.25. The summed E-state index contributed by atoms with van der Waals surface area (Å²) >= 11 is 1.41. The zero-order valence-corrected chi connectivity index (χ0v) is 12.9. The van der Waals surface area contributed by atoms with Crippen molar-refractivity contribution in [2.45, 2.75) is 24.1 Å². The Morgan fingerprint density at radius 2 is 2.16 bits per heavy atom. The molecule has 0 aliphatic carbocycles. The van der Waals surface area contributed by atoms with Crippen LogP contribution >= 0.6 is 11.8 Å². The van der Waals surface area contributed by atoms with Crippen LogP contribution in [0.1, 0.15) is 12.8 Å². The third kappa shape index (κ3) is 4.93. The summed E-state index contributed by atoms with van der Waals surface area (Å²) in [5.74, 6) is -1.35. The predicted molar refractivity (Wildman–Crippen MR) is 73.5 cm³/mol. The Balaban J connectivity index is 2.75. The summed E-state index contributed by atoms with van der Waals surface area (Å²) in [4.78, 5) is 11.0. The van der Waals surface area contributed by atoms with Crippen molar-refractivity contribution < 1.29 is 26.7 Å². The van der Waals surface area contributed by atoms with Crippen molar-refractivity contribution in [3.8, 4) is 0 Å². The standard InChI is InChI=1S/C9H17NO6S3/c1-17-4-2-8(9(11)12)10-19(15,16)7-3-5-18(13,14)6-7/h7-8,10H,2-6H2,1H3,(H,11,12)/t7?,8-/m1/s1. The molecular weight excluding hydrogens is 314 g/mol. The van der Waals surface area contributed by atoms with E-state index in [9.17, 15) is 21.6 Å². The van der Waals surface area contributed by atoms with Crippen LogP contribution in [-0.2, 0) is 24.7 Å². The molecule has 0 amide bonds. The lowest BCUT2D eigenvalue weighted by molar-refractivity contribution is -0.139. The molecule has 0 aromatic heterocycles. The number of thioether (sulfide) groups is 1. The van der Waals surface area contributed by atoms with Gasteiger partial charge in [-0.2, -0.15) is 11.8 Å². The third-order valence-corrected chi connectivity index (χ3v) is 7.36. The number of aliphatic carboxylic acids is 1. The number of carbonyl (C=O) groups is 1. The first-order valence-corrected chi connectivity index (χ1v) is 10.4. The van der Waals surface area contributed by atoms with Crippen molar-refractivity contribution in [1.29, 1.82) is 0 Å². The number of sulfonamides is 1. The van der Waals surface area contributed by atoms with Gasteiger partial charge in [0.1, 0.15) is 6.04 Å². The lowest BCUT2D eigenvalue weighted by atomic mass is 10.2. The van der Waals surface area contributed by atoms with E-state index in [4.69, 9.17) is 5.11 Å². The molecule has 1 aliphatic heterocycles. The zero-order valence-electron chi connectivity index (χ0n) is 10.4. The van der Waals surface area contributed by atoms with Gasteiger partial charge in [-0.05, 0) is 24.9 Å². The van der Waals surface area contributed by atoms with Crippen LogP contribution in [0.2, 0.25) is 0 Å². The molecule has 0 spiro atoms. The topological polar surface area (TPSA) is 118 Å². The Hall–Kier alpha value is -0.320. The van der Waals surface area contributed by atoms with Gasteiger partial charge in [0, 0.05) is 0 Å². The maximum atomic E-state index is 12.0. The van der Waals surface area contributed by atoms with Gasteiger partial charge in [0.2, 0.25) is 10.0 Å². The fourth-order valence-electron chi connectivity index (χ4n) is 1.77. The van der Waals surface area contributed by atoms with E-state index >= 15 is 0 Å². The highest BCUT2D eigenvalue weighted by atomic mass is 32.2. The van der Waals surface area contributed by atoms with E-state index in [1.165, 1.54) is 11.8 Å². The quantitative estimate of drug-likeness (QED) is 0.633. The van der Waals surface area contributed by atoms with Gasteiger partial charge in [-0.25, -0.2) is 21.6 Å². The van der Waals surface area contributed by atoms with E-state index in [0.717, 1.165) is 0 Å². The maximum absolute atomic E-state index is 12.0. The number of carboxylic acid groups (broad SMARTS) is 1. The zero-order chi connectivity index (χ0) is 14.7. The van der Waals surface area contributed by atoms with Crippen molar-refractivity contribution in [1.82, 2.24) is 4.72 Å². The first-order valence-electron chi connectivity index (χ1n) is 5.61. The third-order valence-electron chi connectivity index (χ3n) is 2.84. The molecule has 1 heterocycles. The average Bonchev–Trinajstić information content (AvgIpc) is 2.65. The van der Waals surface area contributed by atoms with Gasteiger partial charge in [-0.1, -0.05) is 0 Å². The average molecular weight is 331 g/mol. The lowest BCUT2D eigenvalue weighted by Crippen LogP contribution is -2.45. The summed E-state index contributed by atoms with van der Waals surface area (Å²) in [6.07, 6.45) is 1.97. The molecule has 0 aromatic carbocycles. The Kier molecular flexibility index (Phi) is 5.65. The van der Waals surface area contributed by atoms with Crippen molar-refractivity contribution in [2.24, 2.45) is 0 Å². The van der Waals surface area contributed by atoms with Gasteiger partial charge in [0.25, 0.3) is 0 Å². The van der Waals surface area contributed by atoms with E-state index in [0.29, 0.717) is 5.75 Å². The number of hydrogen-bond donors (Lipinski definition) is 2. The van der Waals surface area contributed by atoms with E-state index in [1.807, 2.05) is 0 Å². The van der Waals surface area contributed by atoms with Crippen molar-refractivity contribution in [2.75, 3.05) is 23.5 Å². The highest BCUT2D eigenvalue weighted by Crippen LogP contribution is 2.19. The molecule has 19 heavy (non-hydrogen) atoms. The number of carboxylic acids is 1. The van der Waals surface area contributed by atoms with Gasteiger partial charge in [-0.15, -0.1) is 0 Å². The number of rotatable bonds is 7. The molecule has 0 saturated carbocycles. The van der Waals surface area contributed by atoms with Crippen LogP contribution in [0, 0.1) is 0 Å². The minimum atomic E-state index is -3.92. The van der Waals surface area contributed by atoms with Gasteiger partial charge in [0.05, 0.1) is 16.8 Å². The minimum absolute atomic E-state index is 0.0204. The lowest BCUT2D eigenvalue weighted by Gasteiger charge is -2.17. The SMILES string of the molecule is CSCC[C@@H](NS(=O)(=O)C1CCS(=O)(=O)C1)C(=O)O. The van der Waals surface area contributed by atoms with Crippen LogP contribution in [0.15, 0.2) is 0 Å². The van der Waals surface area contributed by atoms with Crippen LogP contribution in [0.25, 0.3) is 0 Å². The fourth-order valence-corrected chi connectivity index (χ4v) is 6.51. The first-order chi connectivity index (χ1) is 8.68. The summed E-state index contributed by atoms with van der Waals surface area (Å²) in [6.45, 7) is 0. The Bertz CT molecular complexity index is 526. The van der Waals surface area contributed by atoms with E-state index in [-0.39, 0.29) is 18.6 Å². The van der Waals surface area contributed by atoms with Crippen molar-refractivity contribution >= 4 is 37.6 Å². The molecule has 0 radical (unpaired) electrons. The van der Waals surface area contributed by atoms with Gasteiger partial charge < -0.3 is 5.11 Å². The first kappa shape index (κ1) is 16.7. The Morgan fingerprint density at radius 3 is 2.58 bits per heavy atom. The van der Waals surface area contributed by atoms with Crippen LogP contribution in [0.3, 0.4) is 0 Å². The second-order valence-electron chi connectivity index (χ2n) is 4.36. The number of nitrogens with one attached hydrogen (secondary N) is 1. The van der Waals surface area contributed by atoms with Crippen molar-refractivity contribution in [3.63, 3.8) is 0 Å². The Labute approximate surface area is 117 Å². The molecule has 112 valence electrons. The predicted octanol–water partition coefficient (Wildman–Crippen LogP) is -0.701. The van der Waals surface area contributed by atoms with Gasteiger partial charge in [0.15, 0.2) is 9.84 Å². The molecule has 1 unspecified atom stereocenters. The molecule has 1 rings (SSSR count). The smallest absolute Gasteiger partial charge is 0.321 e. The highest BCUT2D eigenvalue weighted by molar-refractivity contribution is 7.98. The molecular formula is C9H17NO6S3. The molecule has 1 saturated heterocycles. The van der Waals surface area contributed by atoms with Crippen LogP contribution in [-0.4, -0.2) is 62.7 Å². The molecule has 0 aromatic rings. The van der Waals surface area contributed by atoms with Crippen LogP contribution in [0.4, 0.5) is 0 Å². The van der Waals surface area contributed by atoms with Crippen molar-refractivity contribution in [3.05, 3.63) is 0 Å². The largest absolute Gasteiger partial charge is 0.480 e. The van der Waals surface area contributed by atoms with Gasteiger partial charge in [-0.3, -0.25) is 4.79 Å². The summed E-state index contributed by atoms with van der Waals surface area (Å²) in [5.41, 5.74) is 0. The molecule has 10 heteroatoms. The van der Waals surface area contributed by atoms with Crippen LogP contribution < -0.4 is 4.72 Å². The molecule has 2 N–H and O–H groups in total. The monoisotopic (exact) mass is 331 g/mol. The molecule has 1 aliphatic rings. The summed E-state index contributed by atoms with van der Waals surface area (Å²) < 4.78 is 48.5. The molecule has 7 nitrogen and oxygen atoms in total. The molecule has 2 atom stereocenters. The normalized spacial score (nSPS) is 24.2. The second kappa shape index (κ2) is 6.42. The maximum Gasteiger partial charge on any atom is 0.321 e. The molecule has 1 fully saturated rings. The van der Waals surface area contributed by atoms with E-state index in [1.54, 1.807) is 6.26 Å². The van der Waals surface area contributed by atoms with Gasteiger partial charge >= 0.3 is 5.97 Å². The second-order valence-corrected chi connectivity index (χ2v) is 9.57. The van der Waals surface area contributed by atoms with Crippen LogP contribution in [0.5, 0.6) is 0 Å². The number of hydrogen-bond acceptors (Lipinski definition) is 6. The fraction of sp³-hybridized carbons (Fsp3) is 0.889. The summed E-state index contributed by atoms with van der Waals surface area (Å²) in [6, 6.07) is -1.21. The summed E-state index contributed by atoms with van der Waals surface area (Å²) in [5, 5.41) is 7.91. The number of sulfone groups is 1.